The second-order valence-corrected chi connectivity index (χ2v) is 12.9. The van der Waals surface area contributed by atoms with E-state index in [1.165, 1.54) is 50.5 Å². The average molecular weight is 709 g/mol. The maximum Gasteiger partial charge on any atom is 0.272 e. The highest BCUT2D eigenvalue weighted by molar-refractivity contribution is 8.00. The molecule has 0 aliphatic rings. The standard InChI is InChI=1S/C38H36N4O6S2/c1-5-34(37(45)42-38-41-30(23-49-38)24-13-8-6-9-14-24)50-28-18-12-17-27(21-28)39-36(44)29(40-35(43)25-15-10-7-11-16-25)19-26-20-32(47-3)33(48-4)22-31(26)46-2/h6-23,34H,5H2,1-4H3,(H,39,44)(H,40,43)(H,41,42,45)/b29-19+. The SMILES string of the molecule is CCC(Sc1cccc(NC(=O)/C(=C\c2cc(OC)c(OC)cc2OC)NC(=O)c2ccccc2)c1)C(=O)Nc1nc(-c2ccccc2)cs1. The lowest BCUT2D eigenvalue weighted by atomic mass is 10.1. The van der Waals surface area contributed by atoms with Crippen molar-refractivity contribution in [1.29, 1.82) is 0 Å². The molecule has 50 heavy (non-hydrogen) atoms. The highest BCUT2D eigenvalue weighted by atomic mass is 32.2. The monoisotopic (exact) mass is 708 g/mol. The summed E-state index contributed by atoms with van der Waals surface area (Å²) >= 11 is 2.75. The molecule has 0 radical (unpaired) electrons. The maximum atomic E-state index is 13.8. The first-order chi connectivity index (χ1) is 24.3. The molecule has 0 saturated heterocycles. The fourth-order valence-electron chi connectivity index (χ4n) is 4.85. The van der Waals surface area contributed by atoms with Crippen molar-refractivity contribution in [2.45, 2.75) is 23.5 Å². The maximum absolute atomic E-state index is 13.8. The second-order valence-electron chi connectivity index (χ2n) is 10.7. The summed E-state index contributed by atoms with van der Waals surface area (Å²) in [5.74, 6) is 0.0498. The number of carbonyl (C=O) groups excluding carboxylic acids is 3. The molecule has 12 heteroatoms. The van der Waals surface area contributed by atoms with Crippen LogP contribution in [0.4, 0.5) is 10.8 Å². The van der Waals surface area contributed by atoms with Crippen molar-refractivity contribution in [1.82, 2.24) is 10.3 Å². The molecule has 1 heterocycles. The number of methoxy groups -OCH3 is 3. The van der Waals surface area contributed by atoms with Gasteiger partial charge < -0.3 is 30.2 Å². The lowest BCUT2D eigenvalue weighted by Gasteiger charge is -2.16. The molecule has 5 rings (SSSR count). The summed E-state index contributed by atoms with van der Waals surface area (Å²) in [6, 6.07) is 28.8. The van der Waals surface area contributed by atoms with Crippen LogP contribution in [0, 0.1) is 0 Å². The number of thiazole rings is 1. The number of benzene rings is 4. The van der Waals surface area contributed by atoms with E-state index in [4.69, 9.17) is 14.2 Å². The quantitative estimate of drug-likeness (QED) is 0.0790. The molecule has 4 aromatic carbocycles. The molecule has 1 unspecified atom stereocenters. The lowest BCUT2D eigenvalue weighted by molar-refractivity contribution is -0.116. The normalized spacial score (nSPS) is 11.6. The third kappa shape index (κ3) is 9.10. The minimum Gasteiger partial charge on any atom is -0.496 e. The number of thioether (sulfide) groups is 1. The number of nitrogens with one attached hydrogen (secondary N) is 3. The highest BCUT2D eigenvalue weighted by Gasteiger charge is 2.21. The molecule has 0 fully saturated rings. The van der Waals surface area contributed by atoms with Gasteiger partial charge in [0.2, 0.25) is 5.91 Å². The summed E-state index contributed by atoms with van der Waals surface area (Å²) in [4.78, 5) is 45.6. The predicted octanol–water partition coefficient (Wildman–Crippen LogP) is 7.75. The van der Waals surface area contributed by atoms with Gasteiger partial charge in [0.1, 0.15) is 11.4 Å². The van der Waals surface area contributed by atoms with Gasteiger partial charge in [-0.1, -0.05) is 61.5 Å². The number of rotatable bonds is 14. The van der Waals surface area contributed by atoms with Crippen molar-refractivity contribution < 1.29 is 28.6 Å². The Morgan fingerprint density at radius 2 is 1.50 bits per heavy atom. The highest BCUT2D eigenvalue weighted by Crippen LogP contribution is 2.36. The van der Waals surface area contributed by atoms with Crippen LogP contribution in [0.3, 0.4) is 0 Å². The smallest absolute Gasteiger partial charge is 0.272 e. The van der Waals surface area contributed by atoms with E-state index < -0.39 is 17.1 Å². The van der Waals surface area contributed by atoms with Crippen LogP contribution in [-0.2, 0) is 9.59 Å². The summed E-state index contributed by atoms with van der Waals surface area (Å²) in [6.07, 6.45) is 2.07. The molecule has 0 aliphatic heterocycles. The van der Waals surface area contributed by atoms with Crippen molar-refractivity contribution in [2.24, 2.45) is 0 Å². The van der Waals surface area contributed by atoms with E-state index in [1.54, 1.807) is 60.7 Å². The molecule has 0 aliphatic carbocycles. The average Bonchev–Trinajstić information content (AvgIpc) is 3.62. The van der Waals surface area contributed by atoms with Crippen LogP contribution in [0.1, 0.15) is 29.3 Å². The van der Waals surface area contributed by atoms with Gasteiger partial charge in [-0.15, -0.1) is 23.1 Å². The number of nitrogens with zero attached hydrogens (tertiary/aromatic N) is 1. The van der Waals surface area contributed by atoms with Gasteiger partial charge in [-0.2, -0.15) is 0 Å². The zero-order chi connectivity index (χ0) is 35.5. The molecule has 1 aromatic heterocycles. The minimum absolute atomic E-state index is 0.0356. The third-order valence-corrected chi connectivity index (χ3v) is 9.52. The molecule has 5 aromatic rings. The molecule has 0 saturated carbocycles. The van der Waals surface area contributed by atoms with Crippen LogP contribution in [-0.4, -0.2) is 49.3 Å². The van der Waals surface area contributed by atoms with Gasteiger partial charge in [0.25, 0.3) is 11.8 Å². The zero-order valence-corrected chi connectivity index (χ0v) is 29.5. The van der Waals surface area contributed by atoms with Gasteiger partial charge in [-0.25, -0.2) is 4.98 Å². The summed E-state index contributed by atoms with van der Waals surface area (Å²) < 4.78 is 16.4. The van der Waals surface area contributed by atoms with Crippen molar-refractivity contribution in [3.8, 4) is 28.5 Å². The summed E-state index contributed by atoms with van der Waals surface area (Å²) in [5, 5.41) is 10.6. The Labute approximate surface area is 298 Å². The molecular weight excluding hydrogens is 673 g/mol. The van der Waals surface area contributed by atoms with Gasteiger partial charge in [-0.3, -0.25) is 14.4 Å². The molecule has 0 spiro atoms. The summed E-state index contributed by atoms with van der Waals surface area (Å²) in [5.41, 5.74) is 3.06. The Morgan fingerprint density at radius 3 is 2.18 bits per heavy atom. The summed E-state index contributed by atoms with van der Waals surface area (Å²) in [7, 11) is 4.50. The van der Waals surface area contributed by atoms with Crippen molar-refractivity contribution in [2.75, 3.05) is 32.0 Å². The van der Waals surface area contributed by atoms with Crippen LogP contribution in [0.25, 0.3) is 17.3 Å². The predicted molar refractivity (Wildman–Crippen MR) is 199 cm³/mol. The number of amides is 3. The minimum atomic E-state index is -0.573. The van der Waals surface area contributed by atoms with Crippen LogP contribution in [0.2, 0.25) is 0 Å². The van der Waals surface area contributed by atoms with Gasteiger partial charge in [0.15, 0.2) is 16.6 Å². The fourth-order valence-corrected chi connectivity index (χ4v) is 6.59. The molecule has 10 nitrogen and oxygen atoms in total. The molecular formula is C38H36N4O6S2. The number of aromatic nitrogens is 1. The third-order valence-electron chi connectivity index (χ3n) is 7.40. The van der Waals surface area contributed by atoms with E-state index in [0.29, 0.717) is 45.6 Å². The molecule has 256 valence electrons. The van der Waals surface area contributed by atoms with Crippen LogP contribution in [0.15, 0.2) is 113 Å². The van der Waals surface area contributed by atoms with E-state index in [9.17, 15) is 14.4 Å². The molecule has 0 bridgehead atoms. The van der Waals surface area contributed by atoms with E-state index in [1.807, 2.05) is 48.7 Å². The number of carbonyl (C=O) groups is 3. The van der Waals surface area contributed by atoms with E-state index in [-0.39, 0.29) is 11.6 Å². The van der Waals surface area contributed by atoms with E-state index in [2.05, 4.69) is 20.9 Å². The Morgan fingerprint density at radius 1 is 0.820 bits per heavy atom. The lowest BCUT2D eigenvalue weighted by Crippen LogP contribution is -2.30. The molecule has 3 amide bonds. The molecule has 3 N–H and O–H groups in total. The topological polar surface area (TPSA) is 128 Å². The molecule has 1 atom stereocenters. The van der Waals surface area contributed by atoms with Gasteiger partial charge in [0, 0.05) is 38.7 Å². The van der Waals surface area contributed by atoms with Gasteiger partial charge in [-0.05, 0) is 48.9 Å². The summed E-state index contributed by atoms with van der Waals surface area (Å²) in [6.45, 7) is 1.94. The first-order valence-corrected chi connectivity index (χ1v) is 17.4. The zero-order valence-electron chi connectivity index (χ0n) is 27.9. The number of hydrogen-bond acceptors (Lipinski definition) is 9. The number of anilines is 2. The van der Waals surface area contributed by atoms with Crippen molar-refractivity contribution in [3.63, 3.8) is 0 Å². The number of hydrogen-bond donors (Lipinski definition) is 3. The van der Waals surface area contributed by atoms with Crippen LogP contribution >= 0.6 is 23.1 Å². The Kier molecular flexibility index (Phi) is 12.3. The fraction of sp³-hybridized carbons (Fsp3) is 0.158. The first kappa shape index (κ1) is 35.7. The van der Waals surface area contributed by atoms with Crippen LogP contribution < -0.4 is 30.2 Å². The second kappa shape index (κ2) is 17.2. The van der Waals surface area contributed by atoms with Crippen molar-refractivity contribution in [3.05, 3.63) is 119 Å². The van der Waals surface area contributed by atoms with E-state index >= 15 is 0 Å². The Balaban J connectivity index is 1.34. The van der Waals surface area contributed by atoms with E-state index in [0.717, 1.165) is 16.2 Å². The largest absolute Gasteiger partial charge is 0.496 e. The van der Waals surface area contributed by atoms with Crippen molar-refractivity contribution >= 4 is 57.7 Å². The van der Waals surface area contributed by atoms with Crippen LogP contribution in [0.5, 0.6) is 17.2 Å². The number of ether oxygens (including phenoxy) is 3. The van der Waals surface area contributed by atoms with Gasteiger partial charge >= 0.3 is 0 Å². The Bertz CT molecular complexity index is 1980. The Hall–Kier alpha value is -5.59. The first-order valence-electron chi connectivity index (χ1n) is 15.6. The van der Waals surface area contributed by atoms with Gasteiger partial charge in [0.05, 0.1) is 32.3 Å².